The molecule has 0 aliphatic rings. The van der Waals surface area contributed by atoms with Crippen LogP contribution >= 0.6 is 11.3 Å². The van der Waals surface area contributed by atoms with Crippen molar-refractivity contribution < 1.29 is 5.11 Å². The largest absolute Gasteiger partial charge is 0.388 e. The van der Waals surface area contributed by atoms with Gasteiger partial charge in [-0.15, -0.1) is 11.3 Å². The second-order valence-corrected chi connectivity index (χ2v) is 5.89. The third-order valence-corrected chi connectivity index (χ3v) is 3.76. The second kappa shape index (κ2) is 6.28. The summed E-state index contributed by atoms with van der Waals surface area (Å²) in [6.07, 6.45) is 0.581. The highest BCUT2D eigenvalue weighted by atomic mass is 32.1. The molecule has 2 N–H and O–H groups in total. The summed E-state index contributed by atoms with van der Waals surface area (Å²) in [5, 5.41) is 16.5. The van der Waals surface area contributed by atoms with E-state index in [9.17, 15) is 5.11 Å². The van der Waals surface area contributed by atoms with E-state index in [1.54, 1.807) is 11.3 Å². The normalized spacial score (nSPS) is 14.3. The van der Waals surface area contributed by atoms with Gasteiger partial charge in [-0.3, -0.25) is 0 Å². The van der Waals surface area contributed by atoms with E-state index in [1.807, 2.05) is 37.4 Å². The molecule has 0 fully saturated rings. The summed E-state index contributed by atoms with van der Waals surface area (Å²) in [6, 6.07) is 10.1. The standard InChI is InChI=1S/C15H20N2OS/c1-3-16-11-15(2,18)9-14-17-13(10-19-14)12-7-5-4-6-8-12/h4-8,10,16,18H,3,9,11H2,1-2H3. The summed E-state index contributed by atoms with van der Waals surface area (Å²) < 4.78 is 0. The number of aromatic nitrogens is 1. The van der Waals surface area contributed by atoms with Gasteiger partial charge in [0.2, 0.25) is 0 Å². The number of nitrogens with zero attached hydrogens (tertiary/aromatic N) is 1. The van der Waals surface area contributed by atoms with Gasteiger partial charge in [0, 0.05) is 23.9 Å². The summed E-state index contributed by atoms with van der Waals surface area (Å²) >= 11 is 1.61. The fourth-order valence-corrected chi connectivity index (χ4v) is 2.90. The number of aliphatic hydroxyl groups is 1. The van der Waals surface area contributed by atoms with Crippen LogP contribution in [0.25, 0.3) is 11.3 Å². The van der Waals surface area contributed by atoms with Crippen LogP contribution in [0.1, 0.15) is 18.9 Å². The number of benzene rings is 1. The molecular formula is C15H20N2OS. The molecule has 102 valence electrons. The molecule has 0 aliphatic carbocycles. The van der Waals surface area contributed by atoms with Crippen molar-refractivity contribution in [1.29, 1.82) is 0 Å². The number of nitrogens with one attached hydrogen (secondary N) is 1. The highest BCUT2D eigenvalue weighted by molar-refractivity contribution is 7.09. The maximum Gasteiger partial charge on any atom is 0.0961 e. The van der Waals surface area contributed by atoms with Crippen molar-refractivity contribution in [3.63, 3.8) is 0 Å². The Morgan fingerprint density at radius 1 is 1.32 bits per heavy atom. The molecular weight excluding hydrogens is 256 g/mol. The molecule has 2 aromatic rings. The van der Waals surface area contributed by atoms with Gasteiger partial charge < -0.3 is 10.4 Å². The Labute approximate surface area is 118 Å². The molecule has 19 heavy (non-hydrogen) atoms. The average Bonchev–Trinajstić information content (AvgIpc) is 2.85. The van der Waals surface area contributed by atoms with Gasteiger partial charge in [-0.1, -0.05) is 37.3 Å². The van der Waals surface area contributed by atoms with Crippen molar-refractivity contribution in [3.05, 3.63) is 40.7 Å². The van der Waals surface area contributed by atoms with Crippen molar-refractivity contribution in [2.45, 2.75) is 25.9 Å². The monoisotopic (exact) mass is 276 g/mol. The minimum atomic E-state index is -0.748. The van der Waals surface area contributed by atoms with E-state index in [1.165, 1.54) is 0 Å². The van der Waals surface area contributed by atoms with Crippen LogP contribution in [0.15, 0.2) is 35.7 Å². The van der Waals surface area contributed by atoms with E-state index in [-0.39, 0.29) is 0 Å². The van der Waals surface area contributed by atoms with Gasteiger partial charge in [-0.25, -0.2) is 4.98 Å². The predicted molar refractivity (Wildman–Crippen MR) is 80.4 cm³/mol. The minimum Gasteiger partial charge on any atom is -0.388 e. The Morgan fingerprint density at radius 2 is 2.05 bits per heavy atom. The molecule has 1 aromatic heterocycles. The summed E-state index contributed by atoms with van der Waals surface area (Å²) in [5.74, 6) is 0. The van der Waals surface area contributed by atoms with Crippen LogP contribution in [0.5, 0.6) is 0 Å². The first-order valence-corrected chi connectivity index (χ1v) is 7.41. The predicted octanol–water partition coefficient (Wildman–Crippen LogP) is 2.71. The Balaban J connectivity index is 2.05. The third-order valence-electron chi connectivity index (χ3n) is 2.91. The maximum atomic E-state index is 10.3. The lowest BCUT2D eigenvalue weighted by molar-refractivity contribution is 0.0607. The van der Waals surface area contributed by atoms with Crippen molar-refractivity contribution in [2.24, 2.45) is 0 Å². The molecule has 0 radical (unpaired) electrons. The SMILES string of the molecule is CCNCC(C)(O)Cc1nc(-c2ccccc2)cs1. The zero-order chi connectivity index (χ0) is 13.7. The highest BCUT2D eigenvalue weighted by Gasteiger charge is 2.22. The fourth-order valence-electron chi connectivity index (χ4n) is 1.92. The van der Waals surface area contributed by atoms with Crippen LogP contribution in [0.4, 0.5) is 0 Å². The van der Waals surface area contributed by atoms with E-state index >= 15 is 0 Å². The minimum absolute atomic E-state index is 0.581. The van der Waals surface area contributed by atoms with Crippen molar-refractivity contribution >= 4 is 11.3 Å². The molecule has 0 saturated heterocycles. The number of hydrogen-bond donors (Lipinski definition) is 2. The summed E-state index contributed by atoms with van der Waals surface area (Å²) in [6.45, 7) is 5.33. The fraction of sp³-hybridized carbons (Fsp3) is 0.400. The average molecular weight is 276 g/mol. The van der Waals surface area contributed by atoms with E-state index < -0.39 is 5.60 Å². The molecule has 1 aromatic carbocycles. The number of hydrogen-bond acceptors (Lipinski definition) is 4. The molecule has 1 heterocycles. The molecule has 0 spiro atoms. The molecule has 1 unspecified atom stereocenters. The number of rotatable bonds is 6. The molecule has 4 heteroatoms. The summed E-state index contributed by atoms with van der Waals surface area (Å²) in [5.41, 5.74) is 1.36. The number of likely N-dealkylation sites (N-methyl/N-ethyl adjacent to an activating group) is 1. The Bertz CT molecular complexity index is 508. The second-order valence-electron chi connectivity index (χ2n) is 4.95. The van der Waals surface area contributed by atoms with Crippen molar-refractivity contribution in [2.75, 3.05) is 13.1 Å². The topological polar surface area (TPSA) is 45.1 Å². The summed E-state index contributed by atoms with van der Waals surface area (Å²) in [4.78, 5) is 4.60. The maximum absolute atomic E-state index is 10.3. The van der Waals surface area contributed by atoms with Crippen LogP contribution in [0.3, 0.4) is 0 Å². The lowest BCUT2D eigenvalue weighted by atomic mass is 10.0. The Morgan fingerprint density at radius 3 is 2.74 bits per heavy atom. The van der Waals surface area contributed by atoms with Gasteiger partial charge in [-0.05, 0) is 13.5 Å². The van der Waals surface area contributed by atoms with Crippen LogP contribution in [0, 0.1) is 0 Å². The van der Waals surface area contributed by atoms with E-state index in [2.05, 4.69) is 22.4 Å². The summed E-state index contributed by atoms with van der Waals surface area (Å²) in [7, 11) is 0. The van der Waals surface area contributed by atoms with Crippen LogP contribution in [0.2, 0.25) is 0 Å². The highest BCUT2D eigenvalue weighted by Crippen LogP contribution is 2.24. The molecule has 0 aliphatic heterocycles. The van der Waals surface area contributed by atoms with E-state index in [4.69, 9.17) is 0 Å². The van der Waals surface area contributed by atoms with Gasteiger partial charge in [-0.2, -0.15) is 0 Å². The number of thiazole rings is 1. The van der Waals surface area contributed by atoms with Gasteiger partial charge in [0.15, 0.2) is 0 Å². The first kappa shape index (κ1) is 14.2. The molecule has 0 saturated carbocycles. The van der Waals surface area contributed by atoms with E-state index in [0.29, 0.717) is 13.0 Å². The first-order valence-electron chi connectivity index (χ1n) is 6.53. The van der Waals surface area contributed by atoms with Gasteiger partial charge in [0.05, 0.1) is 16.3 Å². The Kier molecular flexibility index (Phi) is 4.69. The third kappa shape index (κ3) is 4.13. The first-order chi connectivity index (χ1) is 9.11. The Hall–Kier alpha value is -1.23. The van der Waals surface area contributed by atoms with Gasteiger partial charge in [0.25, 0.3) is 0 Å². The molecule has 2 rings (SSSR count). The lowest BCUT2D eigenvalue weighted by Gasteiger charge is -2.22. The van der Waals surface area contributed by atoms with E-state index in [0.717, 1.165) is 22.8 Å². The molecule has 1 atom stereocenters. The quantitative estimate of drug-likeness (QED) is 0.852. The van der Waals surface area contributed by atoms with Crippen LogP contribution in [-0.2, 0) is 6.42 Å². The van der Waals surface area contributed by atoms with Crippen LogP contribution < -0.4 is 5.32 Å². The van der Waals surface area contributed by atoms with Crippen molar-refractivity contribution in [3.8, 4) is 11.3 Å². The zero-order valence-electron chi connectivity index (χ0n) is 11.4. The lowest BCUT2D eigenvalue weighted by Crippen LogP contribution is -2.39. The smallest absolute Gasteiger partial charge is 0.0961 e. The molecule has 0 amide bonds. The van der Waals surface area contributed by atoms with Crippen LogP contribution in [-0.4, -0.2) is 28.8 Å². The van der Waals surface area contributed by atoms with Gasteiger partial charge >= 0.3 is 0 Å². The van der Waals surface area contributed by atoms with Crippen molar-refractivity contribution in [1.82, 2.24) is 10.3 Å². The zero-order valence-corrected chi connectivity index (χ0v) is 12.2. The molecule has 3 nitrogen and oxygen atoms in total. The van der Waals surface area contributed by atoms with Gasteiger partial charge in [0.1, 0.15) is 0 Å². The molecule has 0 bridgehead atoms.